The van der Waals surface area contributed by atoms with Gasteiger partial charge in [-0.15, -0.1) is 0 Å². The van der Waals surface area contributed by atoms with Gasteiger partial charge in [0.15, 0.2) is 0 Å². The topological polar surface area (TPSA) is 124 Å². The van der Waals surface area contributed by atoms with Crippen LogP contribution in [0.4, 0.5) is 10.5 Å². The zero-order valence-corrected chi connectivity index (χ0v) is 20.6. The van der Waals surface area contributed by atoms with Gasteiger partial charge in [-0.2, -0.15) is 0 Å². The maximum absolute atomic E-state index is 12.9. The van der Waals surface area contributed by atoms with E-state index in [2.05, 4.69) is 15.6 Å². The Bertz CT molecular complexity index is 1140. The molecule has 3 rings (SSSR count). The second kappa shape index (κ2) is 10.7. The van der Waals surface area contributed by atoms with Crippen LogP contribution < -0.4 is 10.6 Å². The first-order valence-electron chi connectivity index (χ1n) is 11.4. The first kappa shape index (κ1) is 25.9. The number of rotatable bonds is 3. The van der Waals surface area contributed by atoms with Crippen LogP contribution in [0.3, 0.4) is 0 Å². The van der Waals surface area contributed by atoms with Crippen LogP contribution in [0.5, 0.6) is 0 Å². The predicted octanol–water partition coefficient (Wildman–Crippen LogP) is 3.97. The molecule has 0 saturated carbocycles. The van der Waals surface area contributed by atoms with Gasteiger partial charge >= 0.3 is 12.1 Å². The van der Waals surface area contributed by atoms with Crippen LogP contribution in [0.2, 0.25) is 0 Å². The summed E-state index contributed by atoms with van der Waals surface area (Å²) in [6.45, 7) is 6.93. The van der Waals surface area contributed by atoms with Crippen LogP contribution in [-0.4, -0.2) is 41.4 Å². The molecule has 1 aromatic carbocycles. The second-order valence-electron chi connectivity index (χ2n) is 9.64. The Balaban J connectivity index is 2.06. The number of ketones is 1. The largest absolute Gasteiger partial charge is 0.469 e. The van der Waals surface area contributed by atoms with E-state index in [0.29, 0.717) is 22.5 Å². The molecule has 0 unspecified atom stereocenters. The summed E-state index contributed by atoms with van der Waals surface area (Å²) in [5.74, 6) is -1.51. The van der Waals surface area contributed by atoms with Gasteiger partial charge in [-0.3, -0.25) is 19.4 Å². The monoisotopic (exact) mass is 481 g/mol. The van der Waals surface area contributed by atoms with E-state index in [-0.39, 0.29) is 31.0 Å². The van der Waals surface area contributed by atoms with Gasteiger partial charge in [0.05, 0.1) is 25.3 Å². The molecule has 186 valence electrons. The Morgan fingerprint density at radius 3 is 2.57 bits per heavy atom. The smallest absolute Gasteiger partial charge is 0.408 e. The summed E-state index contributed by atoms with van der Waals surface area (Å²) in [7, 11) is 1.32. The lowest BCUT2D eigenvalue weighted by molar-refractivity contribution is -0.139. The minimum absolute atomic E-state index is 0.00475. The van der Waals surface area contributed by atoms with Gasteiger partial charge in [0.1, 0.15) is 11.4 Å². The lowest BCUT2D eigenvalue weighted by atomic mass is 9.94. The third-order valence-corrected chi connectivity index (χ3v) is 5.47. The number of nitrogens with one attached hydrogen (secondary N) is 2. The molecule has 2 atom stereocenters. The fourth-order valence-corrected chi connectivity index (χ4v) is 3.78. The highest BCUT2D eigenvalue weighted by molar-refractivity contribution is 5.99. The number of carbonyl (C=O) groups is 4. The fourth-order valence-electron chi connectivity index (χ4n) is 3.78. The van der Waals surface area contributed by atoms with Crippen molar-refractivity contribution in [1.29, 1.82) is 0 Å². The van der Waals surface area contributed by atoms with Crippen molar-refractivity contribution in [2.45, 2.75) is 58.6 Å². The maximum atomic E-state index is 12.9. The molecule has 1 aliphatic heterocycles. The average molecular weight is 482 g/mol. The van der Waals surface area contributed by atoms with Gasteiger partial charge in [0.25, 0.3) is 0 Å². The predicted molar refractivity (Wildman–Crippen MR) is 130 cm³/mol. The quantitative estimate of drug-likeness (QED) is 0.636. The fraction of sp³-hybridized carbons (Fsp3) is 0.423. The van der Waals surface area contributed by atoms with E-state index in [1.165, 1.54) is 7.11 Å². The van der Waals surface area contributed by atoms with Gasteiger partial charge in [-0.05, 0) is 50.1 Å². The highest BCUT2D eigenvalue weighted by Crippen LogP contribution is 2.32. The highest BCUT2D eigenvalue weighted by Gasteiger charge is 2.27. The number of pyridine rings is 1. The summed E-state index contributed by atoms with van der Waals surface area (Å²) in [4.78, 5) is 54.4. The summed E-state index contributed by atoms with van der Waals surface area (Å²) in [5, 5.41) is 5.66. The number of carbonyl (C=O) groups excluding carboxylic acids is 4. The molecular weight excluding hydrogens is 450 g/mol. The number of benzene rings is 1. The average Bonchev–Trinajstić information content (AvgIpc) is 2.77. The number of nitrogens with zero attached hydrogens (tertiary/aromatic N) is 1. The van der Waals surface area contributed by atoms with Crippen LogP contribution in [0.1, 0.15) is 57.8 Å². The molecule has 2 heterocycles. The van der Waals surface area contributed by atoms with Gasteiger partial charge < -0.3 is 20.1 Å². The van der Waals surface area contributed by atoms with Crippen molar-refractivity contribution in [3.63, 3.8) is 0 Å². The van der Waals surface area contributed by atoms with E-state index < -0.39 is 29.6 Å². The van der Waals surface area contributed by atoms with Crippen LogP contribution in [0.25, 0.3) is 11.1 Å². The molecule has 2 N–H and O–H groups in total. The number of esters is 1. The van der Waals surface area contributed by atoms with Crippen molar-refractivity contribution >= 4 is 29.4 Å². The minimum Gasteiger partial charge on any atom is -0.469 e. The molecule has 1 aromatic heterocycles. The van der Waals surface area contributed by atoms with Crippen LogP contribution in [-0.2, 0) is 30.3 Å². The third-order valence-electron chi connectivity index (χ3n) is 5.47. The number of fused-ring (bicyclic) bond motifs is 4. The van der Waals surface area contributed by atoms with Crippen molar-refractivity contribution in [3.05, 3.63) is 47.8 Å². The summed E-state index contributed by atoms with van der Waals surface area (Å²) in [6, 6.07) is 8.14. The zero-order chi connectivity index (χ0) is 25.8. The molecule has 0 spiro atoms. The van der Waals surface area contributed by atoms with E-state index in [4.69, 9.17) is 9.47 Å². The molecule has 2 bridgehead atoms. The minimum atomic E-state index is -0.728. The van der Waals surface area contributed by atoms with Crippen LogP contribution in [0, 0.1) is 5.92 Å². The number of hydrogen-bond donors (Lipinski definition) is 2. The first-order chi connectivity index (χ1) is 16.4. The molecule has 2 aromatic rings. The number of Topliss-reactive ketones (excluding diaryl/α,β-unsaturated/α-hetero) is 1. The summed E-state index contributed by atoms with van der Waals surface area (Å²) >= 11 is 0. The molecular formula is C26H31N3O6. The number of amides is 2. The number of anilines is 1. The lowest BCUT2D eigenvalue weighted by Crippen LogP contribution is -2.36. The number of alkyl carbamates (subject to hydrolysis) is 1. The number of ether oxygens (including phenoxy) is 2. The molecule has 0 aliphatic carbocycles. The van der Waals surface area contributed by atoms with Crippen LogP contribution >= 0.6 is 0 Å². The Labute approximate surface area is 204 Å². The second-order valence-corrected chi connectivity index (χ2v) is 9.64. The Morgan fingerprint density at radius 2 is 1.89 bits per heavy atom. The highest BCUT2D eigenvalue weighted by atomic mass is 16.6. The van der Waals surface area contributed by atoms with E-state index in [9.17, 15) is 19.2 Å². The normalized spacial score (nSPS) is 18.3. The van der Waals surface area contributed by atoms with Gasteiger partial charge in [0, 0.05) is 36.2 Å². The van der Waals surface area contributed by atoms with Crippen molar-refractivity contribution in [2.24, 2.45) is 5.92 Å². The molecule has 2 amide bonds. The van der Waals surface area contributed by atoms with Crippen molar-refractivity contribution in [3.8, 4) is 11.1 Å². The molecule has 9 heteroatoms. The van der Waals surface area contributed by atoms with E-state index in [0.717, 1.165) is 5.56 Å². The van der Waals surface area contributed by atoms with E-state index in [1.807, 2.05) is 6.07 Å². The van der Waals surface area contributed by atoms with Gasteiger partial charge in [-0.1, -0.05) is 19.1 Å². The maximum Gasteiger partial charge on any atom is 0.408 e. The molecule has 9 nitrogen and oxygen atoms in total. The van der Waals surface area contributed by atoms with E-state index >= 15 is 0 Å². The molecule has 0 saturated heterocycles. The Hall–Kier alpha value is -3.75. The Morgan fingerprint density at radius 1 is 1.14 bits per heavy atom. The van der Waals surface area contributed by atoms with Crippen molar-refractivity contribution in [1.82, 2.24) is 10.3 Å². The van der Waals surface area contributed by atoms with Gasteiger partial charge in [-0.25, -0.2) is 4.79 Å². The summed E-state index contributed by atoms with van der Waals surface area (Å²) in [5.41, 5.74) is 2.40. The zero-order valence-electron chi connectivity index (χ0n) is 20.6. The molecule has 0 radical (unpaired) electrons. The van der Waals surface area contributed by atoms with Crippen molar-refractivity contribution < 1.29 is 28.7 Å². The standard InChI is InChI=1S/C26H31N3O6/c1-15-10-18(30)14-22(29-25(33)35-26(2,3)4)21-13-17(8-9-27-21)19-7-6-16(12-23(31)34-5)11-20(19)28-24(15)32/h6-9,11,13,15,22H,10,12,14H2,1-5H3,(H,28,32)(H,29,33)/t15-,22+/m1/s1. The number of hydrogen-bond acceptors (Lipinski definition) is 7. The molecule has 0 fully saturated rings. The van der Waals surface area contributed by atoms with Crippen molar-refractivity contribution in [2.75, 3.05) is 12.4 Å². The summed E-state index contributed by atoms with van der Waals surface area (Å²) < 4.78 is 10.1. The molecule has 35 heavy (non-hydrogen) atoms. The van der Waals surface area contributed by atoms with Crippen LogP contribution in [0.15, 0.2) is 36.5 Å². The SMILES string of the molecule is COC(=O)Cc1ccc2c(c1)NC(=O)[C@H](C)CC(=O)C[C@H](NC(=O)OC(C)(C)C)c1cc-2ccn1. The number of aromatic nitrogens is 1. The first-order valence-corrected chi connectivity index (χ1v) is 11.4. The third kappa shape index (κ3) is 7.11. The summed E-state index contributed by atoms with van der Waals surface area (Å²) in [6.07, 6.45) is 0.944. The lowest BCUT2D eigenvalue weighted by Gasteiger charge is -2.24. The Kier molecular flexibility index (Phi) is 7.89. The van der Waals surface area contributed by atoms with Gasteiger partial charge in [0.2, 0.25) is 5.91 Å². The number of methoxy groups -OCH3 is 1. The molecule has 1 aliphatic rings. The van der Waals surface area contributed by atoms with E-state index in [1.54, 1.807) is 58.2 Å².